The van der Waals surface area contributed by atoms with Crippen molar-refractivity contribution in [1.82, 2.24) is 4.98 Å². The van der Waals surface area contributed by atoms with Crippen molar-refractivity contribution in [3.05, 3.63) is 76.9 Å². The van der Waals surface area contributed by atoms with Gasteiger partial charge in [0, 0.05) is 0 Å². The molecule has 3 rings (SSSR count). The number of para-hydroxylation sites is 1. The second-order valence-electron chi connectivity index (χ2n) is 5.07. The fraction of sp³-hybridized carbons (Fsp3) is 0. The number of halogens is 2. The fourth-order valence-electron chi connectivity index (χ4n) is 2.09. The van der Waals surface area contributed by atoms with Crippen molar-refractivity contribution in [2.75, 3.05) is 10.0 Å². The maximum Gasteiger partial charge on any atom is 0.263 e. The summed E-state index contributed by atoms with van der Waals surface area (Å²) in [6, 6.07) is 16.5. The Morgan fingerprint density at radius 2 is 1.52 bits per heavy atom. The molecule has 0 amide bonds. The van der Waals surface area contributed by atoms with Crippen LogP contribution in [0.1, 0.15) is 0 Å². The summed E-state index contributed by atoms with van der Waals surface area (Å²) in [4.78, 5) is 4.27. The highest BCUT2D eigenvalue weighted by Gasteiger charge is 2.14. The van der Waals surface area contributed by atoms with E-state index in [0.29, 0.717) is 21.4 Å². The van der Waals surface area contributed by atoms with Crippen LogP contribution in [0.4, 0.5) is 17.2 Å². The first-order chi connectivity index (χ1) is 12.0. The number of aromatic nitrogens is 1. The van der Waals surface area contributed by atoms with Gasteiger partial charge in [-0.25, -0.2) is 13.4 Å². The van der Waals surface area contributed by atoms with Gasteiger partial charge in [0.15, 0.2) is 0 Å². The SMILES string of the molecule is O=S(=O)(Nc1ccc(Nc2c(Cl)cccc2Cl)cn1)c1ccccc1. The van der Waals surface area contributed by atoms with Crippen molar-refractivity contribution in [3.63, 3.8) is 0 Å². The van der Waals surface area contributed by atoms with Gasteiger partial charge in [0.25, 0.3) is 10.0 Å². The molecule has 0 aliphatic carbocycles. The van der Waals surface area contributed by atoms with Crippen LogP contribution in [0, 0.1) is 0 Å². The standard InChI is InChI=1S/C17H13Cl2N3O2S/c18-14-7-4-8-15(19)17(14)21-12-9-10-16(20-11-12)22-25(23,24)13-5-2-1-3-6-13/h1-11,21H,(H,20,22). The largest absolute Gasteiger partial charge is 0.352 e. The zero-order chi connectivity index (χ0) is 17.9. The van der Waals surface area contributed by atoms with Gasteiger partial charge in [-0.2, -0.15) is 0 Å². The molecule has 0 atom stereocenters. The van der Waals surface area contributed by atoms with Crippen LogP contribution < -0.4 is 10.0 Å². The average molecular weight is 394 g/mol. The van der Waals surface area contributed by atoms with Crippen LogP contribution in [-0.4, -0.2) is 13.4 Å². The smallest absolute Gasteiger partial charge is 0.263 e. The van der Waals surface area contributed by atoms with Crippen molar-refractivity contribution >= 4 is 50.4 Å². The highest BCUT2D eigenvalue weighted by molar-refractivity contribution is 7.92. The number of benzene rings is 2. The zero-order valence-corrected chi connectivity index (χ0v) is 15.1. The van der Waals surface area contributed by atoms with Crippen LogP contribution >= 0.6 is 23.2 Å². The Balaban J connectivity index is 1.77. The predicted octanol–water partition coefficient (Wildman–Crippen LogP) is 4.93. The maximum absolute atomic E-state index is 12.3. The molecule has 0 spiro atoms. The van der Waals surface area contributed by atoms with Crippen LogP contribution in [0.3, 0.4) is 0 Å². The van der Waals surface area contributed by atoms with Crippen molar-refractivity contribution in [2.24, 2.45) is 0 Å². The summed E-state index contributed by atoms with van der Waals surface area (Å²) in [7, 11) is -3.67. The first-order valence-corrected chi connectivity index (χ1v) is 9.44. The second-order valence-corrected chi connectivity index (χ2v) is 7.57. The van der Waals surface area contributed by atoms with Gasteiger partial charge >= 0.3 is 0 Å². The quantitative estimate of drug-likeness (QED) is 0.644. The summed E-state index contributed by atoms with van der Waals surface area (Å²) in [5.41, 5.74) is 1.18. The van der Waals surface area contributed by atoms with Crippen LogP contribution in [-0.2, 0) is 10.0 Å². The topological polar surface area (TPSA) is 71.1 Å². The van der Waals surface area contributed by atoms with E-state index in [-0.39, 0.29) is 10.7 Å². The Kier molecular flexibility index (Phi) is 5.13. The first-order valence-electron chi connectivity index (χ1n) is 7.21. The van der Waals surface area contributed by atoms with E-state index in [1.165, 1.54) is 18.3 Å². The minimum Gasteiger partial charge on any atom is -0.352 e. The lowest BCUT2D eigenvalue weighted by atomic mass is 10.3. The van der Waals surface area contributed by atoms with Crippen molar-refractivity contribution in [1.29, 1.82) is 0 Å². The molecule has 0 fully saturated rings. The molecule has 1 heterocycles. The van der Waals surface area contributed by atoms with Crippen molar-refractivity contribution in [2.45, 2.75) is 4.90 Å². The molecular weight excluding hydrogens is 381 g/mol. The first kappa shape index (κ1) is 17.5. The minimum absolute atomic E-state index is 0.168. The van der Waals surface area contributed by atoms with Crippen LogP contribution in [0.25, 0.3) is 0 Å². The van der Waals surface area contributed by atoms with Gasteiger partial charge in [-0.3, -0.25) is 4.72 Å². The lowest BCUT2D eigenvalue weighted by Crippen LogP contribution is -2.13. The van der Waals surface area contributed by atoms with Crippen molar-refractivity contribution < 1.29 is 8.42 Å². The summed E-state index contributed by atoms with van der Waals surface area (Å²) in [5, 5.41) is 4.01. The van der Waals surface area contributed by atoms with Gasteiger partial charge in [-0.1, -0.05) is 47.5 Å². The number of anilines is 3. The number of hydrogen-bond acceptors (Lipinski definition) is 4. The Hall–Kier alpha value is -2.28. The summed E-state index contributed by atoms with van der Waals surface area (Å²) in [5.74, 6) is 0.208. The Bertz CT molecular complexity index is 958. The molecule has 5 nitrogen and oxygen atoms in total. The Morgan fingerprint density at radius 3 is 2.12 bits per heavy atom. The maximum atomic E-state index is 12.3. The molecule has 1 aromatic heterocycles. The zero-order valence-electron chi connectivity index (χ0n) is 12.8. The summed E-state index contributed by atoms with van der Waals surface area (Å²) >= 11 is 12.2. The third kappa shape index (κ3) is 4.22. The molecule has 3 aromatic rings. The molecule has 0 aliphatic rings. The Morgan fingerprint density at radius 1 is 0.840 bits per heavy atom. The number of sulfonamides is 1. The molecule has 0 unspecified atom stereocenters. The molecule has 0 bridgehead atoms. The van der Waals surface area contributed by atoms with Crippen LogP contribution in [0.15, 0.2) is 71.8 Å². The molecule has 128 valence electrons. The van der Waals surface area contributed by atoms with E-state index in [4.69, 9.17) is 23.2 Å². The third-order valence-corrected chi connectivity index (χ3v) is 5.29. The molecule has 0 radical (unpaired) electrons. The monoisotopic (exact) mass is 393 g/mol. The number of nitrogens with one attached hydrogen (secondary N) is 2. The van der Waals surface area contributed by atoms with Gasteiger partial charge in [0.05, 0.1) is 32.5 Å². The van der Waals surface area contributed by atoms with Gasteiger partial charge < -0.3 is 5.32 Å². The number of rotatable bonds is 5. The van der Waals surface area contributed by atoms with Gasteiger partial charge in [-0.15, -0.1) is 0 Å². The molecule has 2 N–H and O–H groups in total. The highest BCUT2D eigenvalue weighted by Crippen LogP contribution is 2.32. The molecular formula is C17H13Cl2N3O2S. The highest BCUT2D eigenvalue weighted by atomic mass is 35.5. The van der Waals surface area contributed by atoms with Crippen LogP contribution in [0.5, 0.6) is 0 Å². The average Bonchev–Trinajstić information content (AvgIpc) is 2.60. The third-order valence-electron chi connectivity index (χ3n) is 3.29. The van der Waals surface area contributed by atoms with Crippen molar-refractivity contribution in [3.8, 4) is 0 Å². The van der Waals surface area contributed by atoms with Gasteiger partial charge in [-0.05, 0) is 36.4 Å². The molecule has 0 saturated heterocycles. The van der Waals surface area contributed by atoms with Gasteiger partial charge in [0.2, 0.25) is 0 Å². The fourth-order valence-corrected chi connectivity index (χ4v) is 3.61. The lowest BCUT2D eigenvalue weighted by molar-refractivity contribution is 0.601. The van der Waals surface area contributed by atoms with E-state index in [1.807, 2.05) is 0 Å². The van der Waals surface area contributed by atoms with E-state index in [0.717, 1.165) is 0 Å². The molecule has 0 aliphatic heterocycles. The lowest BCUT2D eigenvalue weighted by Gasteiger charge is -2.11. The second kappa shape index (κ2) is 7.31. The van der Waals surface area contributed by atoms with Gasteiger partial charge in [0.1, 0.15) is 5.82 Å². The number of pyridine rings is 1. The summed E-state index contributed by atoms with van der Waals surface area (Å²) in [6.07, 6.45) is 1.49. The predicted molar refractivity (Wildman–Crippen MR) is 101 cm³/mol. The molecule has 8 heteroatoms. The van der Waals surface area contributed by atoms with Crippen LogP contribution in [0.2, 0.25) is 10.0 Å². The van der Waals surface area contributed by atoms with E-state index in [1.54, 1.807) is 48.5 Å². The Labute approximate surface area is 155 Å². The summed E-state index contributed by atoms with van der Waals surface area (Å²) < 4.78 is 27.0. The molecule has 25 heavy (non-hydrogen) atoms. The minimum atomic E-state index is -3.67. The number of hydrogen-bond donors (Lipinski definition) is 2. The molecule has 0 saturated carbocycles. The van der Waals surface area contributed by atoms with E-state index in [2.05, 4.69) is 15.0 Å². The molecule has 2 aromatic carbocycles. The normalized spacial score (nSPS) is 11.1. The number of nitrogens with zero attached hydrogens (tertiary/aromatic N) is 1. The van der Waals surface area contributed by atoms with E-state index >= 15 is 0 Å². The van der Waals surface area contributed by atoms with E-state index in [9.17, 15) is 8.42 Å². The van der Waals surface area contributed by atoms with E-state index < -0.39 is 10.0 Å². The summed E-state index contributed by atoms with van der Waals surface area (Å²) in [6.45, 7) is 0.